The van der Waals surface area contributed by atoms with Gasteiger partial charge in [-0.1, -0.05) is 53.7 Å². The summed E-state index contributed by atoms with van der Waals surface area (Å²) < 4.78 is 6.45. The van der Waals surface area contributed by atoms with Gasteiger partial charge in [0.05, 0.1) is 10.8 Å². The summed E-state index contributed by atoms with van der Waals surface area (Å²) in [6.07, 6.45) is 0. The number of carbonyl (C=O) groups is 4. The molecule has 47 heavy (non-hydrogen) atoms. The number of phenols is 2. The highest BCUT2D eigenvalue weighted by atomic mass is 16.5. The van der Waals surface area contributed by atoms with Crippen molar-refractivity contribution < 1.29 is 39.2 Å². The Morgan fingerprint density at radius 3 is 1.77 bits per heavy atom. The molecule has 0 bridgehead atoms. The molecule has 2 unspecified atom stereocenters. The van der Waals surface area contributed by atoms with Crippen molar-refractivity contribution in [2.24, 2.45) is 39.4 Å². The number of fused-ring (bicyclic) bond motifs is 1. The van der Waals surface area contributed by atoms with E-state index in [2.05, 4.69) is 6.58 Å². The van der Waals surface area contributed by atoms with Crippen molar-refractivity contribution in [2.75, 3.05) is 0 Å². The first-order chi connectivity index (χ1) is 21.2. The number of rotatable bonds is 6. The fourth-order valence-electron chi connectivity index (χ4n) is 8.03. The summed E-state index contributed by atoms with van der Waals surface area (Å²) in [4.78, 5) is 56.2. The van der Waals surface area contributed by atoms with Crippen LogP contribution in [0.2, 0.25) is 0 Å². The van der Waals surface area contributed by atoms with E-state index in [4.69, 9.17) is 4.74 Å². The van der Waals surface area contributed by atoms with Crippen LogP contribution in [0.5, 0.6) is 17.2 Å². The molecule has 2 atom stereocenters. The summed E-state index contributed by atoms with van der Waals surface area (Å²) in [6, 6.07) is 0. The molecule has 8 nitrogen and oxygen atoms in total. The van der Waals surface area contributed by atoms with E-state index in [0.29, 0.717) is 5.57 Å². The first-order valence-corrected chi connectivity index (χ1v) is 16.6. The number of hydrogen-bond donors (Lipinski definition) is 3. The third-order valence-electron chi connectivity index (χ3n) is 11.0. The molecule has 0 radical (unpaired) electrons. The molecule has 0 saturated carbocycles. The van der Waals surface area contributed by atoms with Gasteiger partial charge >= 0.3 is 0 Å². The van der Waals surface area contributed by atoms with Crippen molar-refractivity contribution in [1.82, 2.24) is 0 Å². The van der Waals surface area contributed by atoms with E-state index in [1.54, 1.807) is 69.2 Å². The zero-order chi connectivity index (χ0) is 36.3. The van der Waals surface area contributed by atoms with Gasteiger partial charge in [0, 0.05) is 50.9 Å². The second-order valence-electron chi connectivity index (χ2n) is 16.8. The first kappa shape index (κ1) is 36.2. The highest BCUT2D eigenvalue weighted by Gasteiger charge is 2.59. The Kier molecular flexibility index (Phi) is 8.41. The van der Waals surface area contributed by atoms with Crippen LogP contribution in [-0.4, -0.2) is 38.5 Å². The van der Waals surface area contributed by atoms with Crippen LogP contribution in [0.15, 0.2) is 34.8 Å². The average Bonchev–Trinajstić information content (AvgIpc) is 2.96. The lowest BCUT2D eigenvalue weighted by Gasteiger charge is -2.47. The topological polar surface area (TPSA) is 138 Å². The number of allylic oxidation sites excluding steroid dienone is 4. The smallest absolute Gasteiger partial charge is 0.175 e. The number of aliphatic hydroxyl groups is 1. The Morgan fingerprint density at radius 1 is 0.766 bits per heavy atom. The molecular formula is C39H52O8. The number of hydrogen-bond acceptors (Lipinski definition) is 8. The number of carbonyl (C=O) groups excluding carboxylic acids is 4. The van der Waals surface area contributed by atoms with Crippen LogP contribution >= 0.6 is 0 Å². The maximum Gasteiger partial charge on any atom is 0.175 e. The maximum atomic E-state index is 14.3. The van der Waals surface area contributed by atoms with Crippen molar-refractivity contribution in [3.05, 3.63) is 51.5 Å². The molecule has 8 heteroatoms. The largest absolute Gasteiger partial charge is 0.511 e. The monoisotopic (exact) mass is 648 g/mol. The summed E-state index contributed by atoms with van der Waals surface area (Å²) >= 11 is 0. The SMILES string of the molecule is C=C1C(C)(C)C(=O)C(C(c2c(O)c(C(=O)C(C)C)c3c(c2O)C(C(C)C)C2=C(O3)C(C)(C)C(=O)C(C)(C)C2=O)C(C)C)=C(O)C1(C)C. The molecular weight excluding hydrogens is 596 g/mol. The number of benzene rings is 1. The molecule has 4 rings (SSSR count). The van der Waals surface area contributed by atoms with Crippen molar-refractivity contribution in [3.63, 3.8) is 0 Å². The van der Waals surface area contributed by atoms with Crippen LogP contribution in [0.25, 0.3) is 0 Å². The number of ketones is 4. The Hall–Kier alpha value is -3.68. The van der Waals surface area contributed by atoms with Gasteiger partial charge in [0.2, 0.25) is 0 Å². The molecule has 0 fully saturated rings. The Labute approximate surface area is 279 Å². The lowest BCUT2D eigenvalue weighted by atomic mass is 9.57. The molecule has 1 aromatic rings. The number of phenolic OH excluding ortho intramolecular Hbond substituents is 2. The van der Waals surface area contributed by atoms with Crippen LogP contribution < -0.4 is 4.74 Å². The fraction of sp³-hybridized carbons (Fsp3) is 0.590. The summed E-state index contributed by atoms with van der Waals surface area (Å²) in [6.45, 7) is 28.4. The maximum absolute atomic E-state index is 14.3. The van der Waals surface area contributed by atoms with E-state index >= 15 is 0 Å². The van der Waals surface area contributed by atoms with Gasteiger partial charge in [-0.05, 0) is 67.2 Å². The fourth-order valence-corrected chi connectivity index (χ4v) is 8.03. The van der Waals surface area contributed by atoms with Crippen LogP contribution in [0.4, 0.5) is 0 Å². The van der Waals surface area contributed by atoms with Gasteiger partial charge in [-0.2, -0.15) is 0 Å². The van der Waals surface area contributed by atoms with E-state index in [9.17, 15) is 34.5 Å². The molecule has 0 amide bonds. The quantitative estimate of drug-likeness (QED) is 0.159. The third kappa shape index (κ3) is 4.75. The molecule has 256 valence electrons. The Bertz CT molecular complexity index is 1700. The van der Waals surface area contributed by atoms with E-state index < -0.39 is 74.2 Å². The van der Waals surface area contributed by atoms with Crippen molar-refractivity contribution in [2.45, 2.75) is 109 Å². The summed E-state index contributed by atoms with van der Waals surface area (Å²) in [5, 5.41) is 36.4. The Morgan fingerprint density at radius 2 is 1.30 bits per heavy atom. The van der Waals surface area contributed by atoms with Crippen LogP contribution in [0.3, 0.4) is 0 Å². The van der Waals surface area contributed by atoms with Crippen molar-refractivity contribution >= 4 is 23.1 Å². The minimum Gasteiger partial charge on any atom is -0.511 e. The third-order valence-corrected chi connectivity index (χ3v) is 11.0. The van der Waals surface area contributed by atoms with Crippen LogP contribution in [-0.2, 0) is 14.4 Å². The van der Waals surface area contributed by atoms with E-state index in [1.807, 2.05) is 27.7 Å². The zero-order valence-electron chi connectivity index (χ0n) is 30.5. The number of Topliss-reactive ketones (excluding diaryl/α,β-unsaturated/α-hetero) is 4. The zero-order valence-corrected chi connectivity index (χ0v) is 30.5. The summed E-state index contributed by atoms with van der Waals surface area (Å²) in [5.41, 5.74) is -4.10. The molecule has 2 aliphatic carbocycles. The van der Waals surface area contributed by atoms with E-state index in [-0.39, 0.29) is 56.8 Å². The normalized spacial score (nSPS) is 23.7. The summed E-state index contributed by atoms with van der Waals surface area (Å²) in [7, 11) is 0. The van der Waals surface area contributed by atoms with Gasteiger partial charge in [0.1, 0.15) is 34.3 Å². The Balaban J connectivity index is 2.24. The van der Waals surface area contributed by atoms with Gasteiger partial charge in [-0.25, -0.2) is 0 Å². The standard InChI is InChI=1S/C39H52O8/c1-16(2)20(24-31(43)36(8,9)19(7)37(10,11)32(24)44)22-28(41)23-21(17(3)4)25-33(45)38(12,13)35(46)39(14,15)34(25)47-30(23)26(29(22)42)27(40)18(5)6/h16-18,20-21,41-43H,7H2,1-6,8-15H3. The first-order valence-electron chi connectivity index (χ1n) is 16.6. The molecule has 1 aromatic carbocycles. The van der Waals surface area contributed by atoms with Crippen LogP contribution in [0.1, 0.15) is 130 Å². The van der Waals surface area contributed by atoms with E-state index in [0.717, 1.165) is 0 Å². The van der Waals surface area contributed by atoms with Gasteiger partial charge in [-0.3, -0.25) is 19.2 Å². The summed E-state index contributed by atoms with van der Waals surface area (Å²) in [5.74, 6) is -6.16. The van der Waals surface area contributed by atoms with Crippen molar-refractivity contribution in [3.8, 4) is 17.2 Å². The average molecular weight is 649 g/mol. The van der Waals surface area contributed by atoms with Crippen LogP contribution in [0, 0.1) is 39.4 Å². The minimum absolute atomic E-state index is 0.0234. The number of aliphatic hydroxyl groups excluding tert-OH is 1. The highest BCUT2D eigenvalue weighted by molar-refractivity contribution is 6.20. The molecule has 1 heterocycles. The highest BCUT2D eigenvalue weighted by Crippen LogP contribution is 2.62. The molecule has 0 spiro atoms. The second-order valence-corrected chi connectivity index (χ2v) is 16.8. The van der Waals surface area contributed by atoms with Gasteiger partial charge < -0.3 is 20.1 Å². The molecule has 1 aliphatic heterocycles. The molecule has 0 aromatic heterocycles. The lowest BCUT2D eigenvalue weighted by molar-refractivity contribution is -0.144. The van der Waals surface area contributed by atoms with Gasteiger partial charge in [0.15, 0.2) is 23.1 Å². The predicted molar refractivity (Wildman–Crippen MR) is 181 cm³/mol. The lowest BCUT2D eigenvalue weighted by Crippen LogP contribution is -2.52. The number of aromatic hydroxyl groups is 2. The van der Waals surface area contributed by atoms with Gasteiger partial charge in [0.25, 0.3) is 0 Å². The minimum atomic E-state index is -1.38. The molecule has 3 aliphatic rings. The predicted octanol–water partition coefficient (Wildman–Crippen LogP) is 8.27. The second kappa shape index (κ2) is 10.9. The number of ether oxygens (including phenoxy) is 1. The van der Waals surface area contributed by atoms with Gasteiger partial charge in [-0.15, -0.1) is 0 Å². The molecule has 0 saturated heterocycles. The van der Waals surface area contributed by atoms with Crippen molar-refractivity contribution in [1.29, 1.82) is 0 Å². The molecule has 3 N–H and O–H groups in total. The van der Waals surface area contributed by atoms with E-state index in [1.165, 1.54) is 0 Å².